The van der Waals surface area contributed by atoms with E-state index in [-0.39, 0.29) is 23.7 Å². The van der Waals surface area contributed by atoms with Crippen molar-refractivity contribution in [3.8, 4) is 11.5 Å². The summed E-state index contributed by atoms with van der Waals surface area (Å²) in [6.45, 7) is 4.04. The molecule has 2 heterocycles. The summed E-state index contributed by atoms with van der Waals surface area (Å²) >= 11 is 0. The highest BCUT2D eigenvalue weighted by molar-refractivity contribution is 5.97. The van der Waals surface area contributed by atoms with E-state index in [1.54, 1.807) is 32.4 Å². The number of likely N-dealkylation sites (tertiary alicyclic amines) is 1. The summed E-state index contributed by atoms with van der Waals surface area (Å²) in [6.07, 6.45) is 3.52. The fraction of sp³-hybridized carbons (Fsp3) is 0.500. The van der Waals surface area contributed by atoms with Crippen LogP contribution in [0, 0.1) is 0 Å². The summed E-state index contributed by atoms with van der Waals surface area (Å²) in [7, 11) is 3.17. The largest absolute Gasteiger partial charge is 0.497 e. The van der Waals surface area contributed by atoms with E-state index in [0.717, 1.165) is 25.7 Å². The topological polar surface area (TPSA) is 57.2 Å². The lowest BCUT2D eigenvalue weighted by atomic mass is 9.80. The molecule has 2 saturated heterocycles. The number of nitrogens with zero attached hydrogens (tertiary/aromatic N) is 1. The first-order chi connectivity index (χ1) is 15.6. The number of carbonyl (C=O) groups is 1. The minimum atomic E-state index is -0.265. The Morgan fingerprint density at radius 3 is 2.50 bits per heavy atom. The maximum Gasteiger partial charge on any atom is 0.257 e. The van der Waals surface area contributed by atoms with Crippen LogP contribution in [-0.4, -0.2) is 56.4 Å². The lowest BCUT2D eigenvalue weighted by molar-refractivity contribution is -0.190. The van der Waals surface area contributed by atoms with Gasteiger partial charge in [-0.2, -0.15) is 0 Å². The molecule has 1 spiro atoms. The van der Waals surface area contributed by atoms with Gasteiger partial charge in [0.15, 0.2) is 0 Å². The van der Waals surface area contributed by atoms with E-state index in [2.05, 4.69) is 24.3 Å². The Balaban J connectivity index is 1.48. The van der Waals surface area contributed by atoms with Crippen molar-refractivity contribution in [2.75, 3.05) is 33.9 Å². The van der Waals surface area contributed by atoms with E-state index < -0.39 is 0 Å². The van der Waals surface area contributed by atoms with E-state index in [4.69, 9.17) is 18.9 Å². The molecule has 0 aromatic heterocycles. The van der Waals surface area contributed by atoms with E-state index in [9.17, 15) is 4.79 Å². The first-order valence-electron chi connectivity index (χ1n) is 11.4. The van der Waals surface area contributed by atoms with Gasteiger partial charge in [-0.1, -0.05) is 30.3 Å². The van der Waals surface area contributed by atoms with Gasteiger partial charge in [0.1, 0.15) is 11.5 Å². The van der Waals surface area contributed by atoms with Crippen molar-refractivity contribution in [3.63, 3.8) is 0 Å². The van der Waals surface area contributed by atoms with Gasteiger partial charge < -0.3 is 23.8 Å². The first-order valence-corrected chi connectivity index (χ1v) is 11.4. The number of rotatable bonds is 6. The van der Waals surface area contributed by atoms with E-state index in [0.29, 0.717) is 36.8 Å². The lowest BCUT2D eigenvalue weighted by Crippen LogP contribution is -2.52. The number of amides is 1. The van der Waals surface area contributed by atoms with Crippen molar-refractivity contribution in [3.05, 3.63) is 59.7 Å². The Labute approximate surface area is 190 Å². The van der Waals surface area contributed by atoms with Crippen molar-refractivity contribution < 1.29 is 23.7 Å². The number of methoxy groups -OCH3 is 2. The summed E-state index contributed by atoms with van der Waals surface area (Å²) in [6, 6.07) is 15.7. The summed E-state index contributed by atoms with van der Waals surface area (Å²) in [5.74, 6) is 1.18. The minimum absolute atomic E-state index is 0.0175. The number of ether oxygens (including phenoxy) is 4. The molecule has 4 rings (SSSR count). The van der Waals surface area contributed by atoms with Crippen molar-refractivity contribution in [1.29, 1.82) is 0 Å². The number of carbonyl (C=O) groups excluding carboxylic acids is 1. The van der Waals surface area contributed by atoms with Gasteiger partial charge in [0.2, 0.25) is 0 Å². The number of benzene rings is 2. The van der Waals surface area contributed by atoms with Crippen molar-refractivity contribution >= 4 is 5.91 Å². The number of piperidine rings is 1. The highest BCUT2D eigenvalue weighted by atomic mass is 16.5. The fourth-order valence-electron chi connectivity index (χ4n) is 4.95. The van der Waals surface area contributed by atoms with Crippen molar-refractivity contribution in [2.45, 2.75) is 50.4 Å². The van der Waals surface area contributed by atoms with Crippen LogP contribution in [0.3, 0.4) is 0 Å². The average molecular weight is 440 g/mol. The third kappa shape index (κ3) is 4.76. The molecule has 32 heavy (non-hydrogen) atoms. The zero-order valence-corrected chi connectivity index (χ0v) is 19.2. The zero-order valence-electron chi connectivity index (χ0n) is 19.2. The quantitative estimate of drug-likeness (QED) is 0.657. The van der Waals surface area contributed by atoms with Gasteiger partial charge >= 0.3 is 0 Å². The van der Waals surface area contributed by atoms with Crippen LogP contribution < -0.4 is 9.47 Å². The van der Waals surface area contributed by atoms with Crippen molar-refractivity contribution in [2.24, 2.45) is 0 Å². The van der Waals surface area contributed by atoms with Crippen LogP contribution in [0.5, 0.6) is 11.5 Å². The highest BCUT2D eigenvalue weighted by Gasteiger charge is 2.45. The van der Waals surface area contributed by atoms with Gasteiger partial charge in [-0.25, -0.2) is 0 Å². The average Bonchev–Trinajstić information content (AvgIpc) is 2.84. The van der Waals surface area contributed by atoms with Gasteiger partial charge in [-0.3, -0.25) is 4.79 Å². The molecular weight excluding hydrogens is 406 g/mol. The van der Waals surface area contributed by atoms with E-state index in [1.807, 2.05) is 17.9 Å². The van der Waals surface area contributed by atoms with Gasteiger partial charge in [-0.05, 0) is 37.5 Å². The van der Waals surface area contributed by atoms with Crippen LogP contribution in [0.1, 0.15) is 54.6 Å². The molecule has 172 valence electrons. The molecule has 0 radical (unpaired) electrons. The Hall–Kier alpha value is -2.57. The van der Waals surface area contributed by atoms with E-state index >= 15 is 0 Å². The van der Waals surface area contributed by atoms with Gasteiger partial charge in [0, 0.05) is 38.6 Å². The minimum Gasteiger partial charge on any atom is -0.497 e. The second-order valence-electron chi connectivity index (χ2n) is 8.58. The molecule has 2 aliphatic rings. The molecule has 0 saturated carbocycles. The molecule has 0 bridgehead atoms. The standard InChI is InChI=1S/C26H33NO5/c1-4-31-21-17-23(19-8-6-5-7-9-19)32-26(18-21)12-14-27(15-13-26)25(28)22-11-10-20(29-2)16-24(22)30-3/h5-11,16,21,23H,4,12-15,17-18H2,1-3H3/t21-,23-/m1/s1. The first kappa shape index (κ1) is 22.6. The zero-order chi connectivity index (χ0) is 22.6. The molecule has 0 unspecified atom stereocenters. The lowest BCUT2D eigenvalue weighted by Gasteiger charge is -2.48. The molecule has 0 N–H and O–H groups in total. The van der Waals surface area contributed by atoms with Gasteiger partial charge in [0.05, 0.1) is 37.6 Å². The Bertz CT molecular complexity index is 908. The molecule has 2 aromatic carbocycles. The molecule has 6 nitrogen and oxygen atoms in total. The smallest absolute Gasteiger partial charge is 0.257 e. The van der Waals surface area contributed by atoms with Crippen LogP contribution in [0.25, 0.3) is 0 Å². The van der Waals surface area contributed by atoms with Crippen LogP contribution in [-0.2, 0) is 9.47 Å². The SMILES string of the molecule is CCO[C@@H]1C[C@H](c2ccccc2)OC2(CCN(C(=O)c3ccc(OC)cc3OC)CC2)C1. The Morgan fingerprint density at radius 1 is 1.09 bits per heavy atom. The molecule has 2 aliphatic heterocycles. The molecule has 2 fully saturated rings. The van der Waals surface area contributed by atoms with Gasteiger partial charge in [0.25, 0.3) is 5.91 Å². The third-order valence-electron chi connectivity index (χ3n) is 6.64. The Kier molecular flexibility index (Phi) is 7.01. The predicted molar refractivity (Wildman–Crippen MR) is 122 cm³/mol. The predicted octanol–water partition coefficient (Wildman–Crippen LogP) is 4.64. The second kappa shape index (κ2) is 9.92. The van der Waals surface area contributed by atoms with Crippen molar-refractivity contribution in [1.82, 2.24) is 4.90 Å². The molecule has 1 amide bonds. The monoisotopic (exact) mass is 439 g/mol. The fourth-order valence-corrected chi connectivity index (χ4v) is 4.95. The summed E-state index contributed by atoms with van der Waals surface area (Å²) in [5.41, 5.74) is 1.49. The normalized spacial score (nSPS) is 22.5. The maximum atomic E-state index is 13.2. The van der Waals surface area contributed by atoms with Crippen LogP contribution in [0.4, 0.5) is 0 Å². The summed E-state index contributed by atoms with van der Waals surface area (Å²) < 4.78 is 23.5. The Morgan fingerprint density at radius 2 is 1.84 bits per heavy atom. The second-order valence-corrected chi connectivity index (χ2v) is 8.58. The molecule has 0 aliphatic carbocycles. The number of hydrogen-bond acceptors (Lipinski definition) is 5. The van der Waals surface area contributed by atoms with Crippen LogP contribution >= 0.6 is 0 Å². The molecule has 2 aromatic rings. The van der Waals surface area contributed by atoms with Crippen LogP contribution in [0.2, 0.25) is 0 Å². The van der Waals surface area contributed by atoms with E-state index in [1.165, 1.54) is 5.56 Å². The highest BCUT2D eigenvalue weighted by Crippen LogP contribution is 2.44. The summed E-state index contributed by atoms with van der Waals surface area (Å²) in [5, 5.41) is 0. The van der Waals surface area contributed by atoms with Crippen LogP contribution in [0.15, 0.2) is 48.5 Å². The summed E-state index contributed by atoms with van der Waals surface area (Å²) in [4.78, 5) is 15.1. The molecule has 2 atom stereocenters. The molecule has 6 heteroatoms. The van der Waals surface area contributed by atoms with Gasteiger partial charge in [-0.15, -0.1) is 0 Å². The number of hydrogen-bond donors (Lipinski definition) is 0. The molecular formula is C26H33NO5. The third-order valence-corrected chi connectivity index (χ3v) is 6.64. The maximum absolute atomic E-state index is 13.2.